The first-order valence-electron chi connectivity index (χ1n) is 16.0. The van der Waals surface area contributed by atoms with Crippen LogP contribution in [0.15, 0.2) is 29.3 Å². The number of amidine groups is 1. The van der Waals surface area contributed by atoms with Gasteiger partial charge in [0.15, 0.2) is 5.84 Å². The number of carboxylic acids is 1. The Balaban J connectivity index is 1.69. The molecular weight excluding hydrogens is 544 g/mol. The minimum Gasteiger partial charge on any atom is -0.481 e. The van der Waals surface area contributed by atoms with Crippen LogP contribution in [0.3, 0.4) is 0 Å². The van der Waals surface area contributed by atoms with Crippen LogP contribution in [-0.2, 0) is 14.3 Å². The highest BCUT2D eigenvalue weighted by molar-refractivity contribution is 6.39. The Morgan fingerprint density at radius 3 is 2.33 bits per heavy atom. The number of ether oxygens (including phenoxy) is 1. The van der Waals surface area contributed by atoms with E-state index in [1.807, 2.05) is 12.1 Å². The summed E-state index contributed by atoms with van der Waals surface area (Å²) in [5.41, 5.74) is 1.14. The average molecular weight is 597 g/mol. The minimum absolute atomic E-state index is 0.00245. The Kier molecular flexibility index (Phi) is 9.94. The smallest absolute Gasteiger partial charge is 0.305 e. The number of aliphatic carboxylic acids is 1. The fraction of sp³-hybridized carbons (Fsp3) is 0.706. The number of morpholine rings is 1. The number of nitrogens with one attached hydrogen (secondary N) is 1. The third kappa shape index (κ3) is 7.78. The van der Waals surface area contributed by atoms with Crippen LogP contribution in [0.1, 0.15) is 115 Å². The Labute approximate surface area is 257 Å². The van der Waals surface area contributed by atoms with Gasteiger partial charge < -0.3 is 25.0 Å². The Morgan fingerprint density at radius 1 is 1.12 bits per heavy atom. The van der Waals surface area contributed by atoms with Crippen LogP contribution in [0.5, 0.6) is 0 Å². The van der Waals surface area contributed by atoms with Gasteiger partial charge in [0, 0.05) is 18.7 Å². The second-order valence-electron chi connectivity index (χ2n) is 15.0. The second kappa shape index (κ2) is 13.0. The molecule has 1 aromatic carbocycles. The van der Waals surface area contributed by atoms with Crippen molar-refractivity contribution in [1.29, 1.82) is 0 Å². The summed E-state index contributed by atoms with van der Waals surface area (Å²) in [5.74, 6) is -0.118. The van der Waals surface area contributed by atoms with E-state index in [9.17, 15) is 14.4 Å². The largest absolute Gasteiger partial charge is 0.481 e. The number of benzene rings is 1. The van der Waals surface area contributed by atoms with Crippen molar-refractivity contribution in [2.24, 2.45) is 21.7 Å². The van der Waals surface area contributed by atoms with Crippen LogP contribution in [-0.4, -0.2) is 76.5 Å². The van der Waals surface area contributed by atoms with Crippen molar-refractivity contribution in [3.63, 3.8) is 0 Å². The highest BCUT2D eigenvalue weighted by atomic mass is 16.5. The van der Waals surface area contributed by atoms with Crippen LogP contribution in [0.25, 0.3) is 0 Å². The lowest BCUT2D eigenvalue weighted by molar-refractivity contribution is -0.137. The fourth-order valence-corrected chi connectivity index (χ4v) is 6.81. The Bertz CT molecular complexity index is 1190. The summed E-state index contributed by atoms with van der Waals surface area (Å²) in [7, 11) is 0. The monoisotopic (exact) mass is 596 g/mol. The van der Waals surface area contributed by atoms with Crippen molar-refractivity contribution in [2.45, 2.75) is 111 Å². The summed E-state index contributed by atoms with van der Waals surface area (Å²) in [4.78, 5) is 47.7. The predicted octanol–water partition coefficient (Wildman–Crippen LogP) is 5.65. The summed E-state index contributed by atoms with van der Waals surface area (Å²) >= 11 is 0. The first kappa shape index (κ1) is 33.0. The molecule has 2 atom stereocenters. The minimum atomic E-state index is -0.953. The third-order valence-electron chi connectivity index (χ3n) is 9.48. The molecule has 238 valence electrons. The van der Waals surface area contributed by atoms with Gasteiger partial charge in [0.05, 0.1) is 31.7 Å². The first-order valence-corrected chi connectivity index (χ1v) is 16.0. The highest BCUT2D eigenvalue weighted by Crippen LogP contribution is 2.50. The number of hydrogen-bond acceptors (Lipinski definition) is 6. The van der Waals surface area contributed by atoms with Crippen LogP contribution >= 0.6 is 0 Å². The molecule has 0 bridgehead atoms. The van der Waals surface area contributed by atoms with Crippen molar-refractivity contribution >= 4 is 23.6 Å². The molecule has 3 aliphatic rings. The van der Waals surface area contributed by atoms with Gasteiger partial charge in [-0.15, -0.1) is 0 Å². The summed E-state index contributed by atoms with van der Waals surface area (Å²) in [6, 6.07) is 7.36. The van der Waals surface area contributed by atoms with Crippen LogP contribution in [0.4, 0.5) is 0 Å². The topological polar surface area (TPSA) is 112 Å². The number of amides is 2. The molecule has 1 aliphatic carbocycles. The lowest BCUT2D eigenvalue weighted by Gasteiger charge is -2.47. The fourth-order valence-electron chi connectivity index (χ4n) is 6.81. The molecule has 9 nitrogen and oxygen atoms in total. The van der Waals surface area contributed by atoms with Crippen molar-refractivity contribution in [2.75, 3.05) is 26.3 Å². The lowest BCUT2D eigenvalue weighted by Crippen LogP contribution is -2.54. The van der Waals surface area contributed by atoms with E-state index < -0.39 is 11.6 Å². The van der Waals surface area contributed by atoms with Crippen LogP contribution in [0, 0.1) is 16.7 Å². The van der Waals surface area contributed by atoms with E-state index in [0.29, 0.717) is 37.1 Å². The Hall–Kier alpha value is -2.94. The molecule has 1 spiro atoms. The molecule has 2 N–H and O–H groups in total. The summed E-state index contributed by atoms with van der Waals surface area (Å²) in [6.45, 7) is 17.6. The van der Waals surface area contributed by atoms with E-state index >= 15 is 0 Å². The van der Waals surface area contributed by atoms with Gasteiger partial charge in [-0.05, 0) is 79.9 Å². The molecule has 4 rings (SSSR count). The molecule has 0 unspecified atom stereocenters. The SMILES string of the molecule is C[C@@H]1COCCN1C1=NC2(CCC(C(C)(C)C)CC2)N([C@H](CCC(C)(C)C)c2ccc(C(=O)NCCC(=O)O)cc2)C1=O. The van der Waals surface area contributed by atoms with Gasteiger partial charge in [-0.2, -0.15) is 0 Å². The molecular formula is C34H52N4O5. The van der Waals surface area contributed by atoms with E-state index in [4.69, 9.17) is 14.8 Å². The number of carbonyl (C=O) groups is 3. The molecule has 2 amide bonds. The van der Waals surface area contributed by atoms with Crippen molar-refractivity contribution in [3.05, 3.63) is 35.4 Å². The van der Waals surface area contributed by atoms with E-state index in [1.54, 1.807) is 12.1 Å². The van der Waals surface area contributed by atoms with Gasteiger partial charge in [-0.3, -0.25) is 14.4 Å². The van der Waals surface area contributed by atoms with Crippen molar-refractivity contribution < 1.29 is 24.2 Å². The number of nitrogens with zero attached hydrogens (tertiary/aromatic N) is 3. The van der Waals surface area contributed by atoms with E-state index in [1.165, 1.54) is 0 Å². The van der Waals surface area contributed by atoms with Gasteiger partial charge >= 0.3 is 5.97 Å². The number of carbonyl (C=O) groups excluding carboxylic acids is 2. The maximum absolute atomic E-state index is 14.6. The molecule has 2 aliphatic heterocycles. The highest BCUT2D eigenvalue weighted by Gasteiger charge is 2.54. The zero-order valence-corrected chi connectivity index (χ0v) is 27.2. The average Bonchev–Trinajstić information content (AvgIpc) is 3.19. The van der Waals surface area contributed by atoms with Crippen LogP contribution in [0.2, 0.25) is 0 Å². The number of hydrogen-bond donors (Lipinski definition) is 2. The van der Waals surface area contributed by atoms with E-state index in [0.717, 1.165) is 44.1 Å². The van der Waals surface area contributed by atoms with Crippen molar-refractivity contribution in [3.8, 4) is 0 Å². The molecule has 43 heavy (non-hydrogen) atoms. The summed E-state index contributed by atoms with van der Waals surface area (Å²) < 4.78 is 5.70. The Morgan fingerprint density at radius 2 is 1.77 bits per heavy atom. The normalized spacial score (nSPS) is 25.6. The lowest BCUT2D eigenvalue weighted by atomic mass is 9.69. The van der Waals surface area contributed by atoms with Gasteiger partial charge in [0.25, 0.3) is 11.8 Å². The zero-order chi connectivity index (χ0) is 31.6. The molecule has 9 heteroatoms. The number of rotatable bonds is 8. The zero-order valence-electron chi connectivity index (χ0n) is 27.2. The second-order valence-corrected chi connectivity index (χ2v) is 15.0. The van der Waals surface area contributed by atoms with Gasteiger partial charge in [0.1, 0.15) is 5.66 Å². The van der Waals surface area contributed by atoms with E-state index in [-0.39, 0.29) is 47.7 Å². The standard InChI is InChI=1S/C34H52N4O5/c1-23-22-43-21-20-37(23)29-31(42)38(34(36-29)17-12-26(13-18-34)33(5,6)7)27(14-16-32(2,3)4)24-8-10-25(11-9-24)30(41)35-19-15-28(39)40/h8-11,23,26-27H,12-22H2,1-7H3,(H,35,41)(H,39,40)/t23-,26?,27-,34?/m1/s1. The molecule has 0 aromatic heterocycles. The molecule has 0 radical (unpaired) electrons. The molecule has 2 heterocycles. The van der Waals surface area contributed by atoms with Gasteiger partial charge in [-0.25, -0.2) is 4.99 Å². The summed E-state index contributed by atoms with van der Waals surface area (Å²) in [5, 5.41) is 11.6. The first-order chi connectivity index (χ1) is 20.1. The maximum Gasteiger partial charge on any atom is 0.305 e. The maximum atomic E-state index is 14.6. The molecule has 1 aromatic rings. The van der Waals surface area contributed by atoms with Gasteiger partial charge in [0.2, 0.25) is 0 Å². The number of aliphatic imine (C=N–C) groups is 1. The molecule has 2 fully saturated rings. The number of carboxylic acid groups (broad SMARTS) is 1. The van der Waals surface area contributed by atoms with Gasteiger partial charge in [-0.1, -0.05) is 53.7 Å². The molecule has 1 saturated heterocycles. The summed E-state index contributed by atoms with van der Waals surface area (Å²) in [6.07, 6.45) is 5.28. The van der Waals surface area contributed by atoms with Crippen molar-refractivity contribution in [1.82, 2.24) is 15.1 Å². The van der Waals surface area contributed by atoms with Crippen LogP contribution < -0.4 is 5.32 Å². The van der Waals surface area contributed by atoms with E-state index in [2.05, 4.69) is 63.6 Å². The predicted molar refractivity (Wildman–Crippen MR) is 168 cm³/mol. The quantitative estimate of drug-likeness (QED) is 0.401. The third-order valence-corrected chi connectivity index (χ3v) is 9.48. The molecule has 1 saturated carbocycles.